The van der Waals surface area contributed by atoms with Crippen LogP contribution in [0.2, 0.25) is 0 Å². The molecule has 5 rings (SSSR count). The summed E-state index contributed by atoms with van der Waals surface area (Å²) >= 11 is 7.05. The molecule has 1 amide bonds. The van der Waals surface area contributed by atoms with Gasteiger partial charge in [0.25, 0.3) is 5.91 Å². The van der Waals surface area contributed by atoms with Crippen LogP contribution in [-0.4, -0.2) is 37.6 Å². The minimum atomic E-state index is 0.0188. The Bertz CT molecular complexity index is 1250. The number of para-hydroxylation sites is 1. The van der Waals surface area contributed by atoms with Crippen LogP contribution in [0.25, 0.3) is 23.0 Å². The lowest BCUT2D eigenvalue weighted by Gasteiger charge is -2.29. The highest BCUT2D eigenvalue weighted by Gasteiger charge is 2.37. The molecular formula is C28H29N3O2S2. The van der Waals surface area contributed by atoms with Crippen molar-refractivity contribution in [1.29, 1.82) is 0 Å². The number of nitrogens with zero attached hydrogens (tertiary/aromatic N) is 3. The predicted molar refractivity (Wildman–Crippen MR) is 147 cm³/mol. The van der Waals surface area contributed by atoms with E-state index in [4.69, 9.17) is 22.1 Å². The molecule has 1 aliphatic carbocycles. The van der Waals surface area contributed by atoms with Crippen LogP contribution in [0, 0.1) is 0 Å². The zero-order chi connectivity index (χ0) is 24.2. The van der Waals surface area contributed by atoms with Crippen LogP contribution in [0.3, 0.4) is 0 Å². The molecule has 7 heteroatoms. The van der Waals surface area contributed by atoms with Gasteiger partial charge in [-0.15, -0.1) is 0 Å². The first kappa shape index (κ1) is 23.8. The minimum absolute atomic E-state index is 0.0188. The molecule has 1 saturated heterocycles. The van der Waals surface area contributed by atoms with Crippen molar-refractivity contribution in [2.45, 2.75) is 51.5 Å². The molecule has 180 valence electrons. The normalized spacial score (nSPS) is 18.0. The Labute approximate surface area is 216 Å². The molecule has 2 aliphatic rings. The first-order chi connectivity index (χ1) is 17.1. The molecule has 0 radical (unpaired) electrons. The summed E-state index contributed by atoms with van der Waals surface area (Å²) in [7, 11) is 0. The van der Waals surface area contributed by atoms with Gasteiger partial charge in [-0.05, 0) is 49.6 Å². The average molecular weight is 504 g/mol. The Morgan fingerprint density at radius 3 is 2.69 bits per heavy atom. The second-order valence-electron chi connectivity index (χ2n) is 8.93. The number of thioether (sulfide) groups is 1. The van der Waals surface area contributed by atoms with Crippen molar-refractivity contribution < 1.29 is 9.53 Å². The Hall–Kier alpha value is -2.90. The topological polar surface area (TPSA) is 47.4 Å². The van der Waals surface area contributed by atoms with Gasteiger partial charge >= 0.3 is 0 Å². The van der Waals surface area contributed by atoms with Gasteiger partial charge in [0.05, 0.1) is 17.2 Å². The number of benzene rings is 2. The molecular weight excluding hydrogens is 474 g/mol. The molecule has 2 fully saturated rings. The molecule has 0 unspecified atom stereocenters. The highest BCUT2D eigenvalue weighted by Crippen LogP contribution is 2.38. The van der Waals surface area contributed by atoms with Gasteiger partial charge in [-0.1, -0.05) is 80.5 Å². The third kappa shape index (κ3) is 5.21. The van der Waals surface area contributed by atoms with Crippen molar-refractivity contribution in [2.24, 2.45) is 0 Å². The summed E-state index contributed by atoms with van der Waals surface area (Å²) in [6.45, 7) is 2.76. The zero-order valence-corrected chi connectivity index (χ0v) is 21.5. The van der Waals surface area contributed by atoms with Gasteiger partial charge in [0.1, 0.15) is 15.8 Å². The number of carbonyl (C=O) groups is 1. The number of carbonyl (C=O) groups excluding carboxylic acids is 1. The second kappa shape index (κ2) is 10.8. The summed E-state index contributed by atoms with van der Waals surface area (Å²) in [5.41, 5.74) is 3.59. The first-order valence-electron chi connectivity index (χ1n) is 12.3. The van der Waals surface area contributed by atoms with Crippen molar-refractivity contribution in [1.82, 2.24) is 14.7 Å². The zero-order valence-electron chi connectivity index (χ0n) is 19.9. The largest absolute Gasteiger partial charge is 0.494 e. The number of aromatic nitrogens is 2. The Balaban J connectivity index is 1.53. The molecule has 1 saturated carbocycles. The summed E-state index contributed by atoms with van der Waals surface area (Å²) in [5, 5.41) is 4.92. The summed E-state index contributed by atoms with van der Waals surface area (Å²) in [6.07, 6.45) is 10.5. The predicted octanol–water partition coefficient (Wildman–Crippen LogP) is 6.86. The molecule has 1 aliphatic heterocycles. The van der Waals surface area contributed by atoms with Crippen LogP contribution in [0.5, 0.6) is 5.75 Å². The van der Waals surface area contributed by atoms with E-state index in [-0.39, 0.29) is 11.9 Å². The molecule has 1 aromatic heterocycles. The maximum Gasteiger partial charge on any atom is 0.266 e. The summed E-state index contributed by atoms with van der Waals surface area (Å²) in [6, 6.07) is 18.2. The fraction of sp³-hybridized carbons (Fsp3) is 0.321. The van der Waals surface area contributed by atoms with E-state index in [1.165, 1.54) is 18.2 Å². The van der Waals surface area contributed by atoms with Gasteiger partial charge in [-0.25, -0.2) is 4.68 Å². The fourth-order valence-corrected chi connectivity index (χ4v) is 6.05. The fourth-order valence-electron chi connectivity index (χ4n) is 4.66. The number of hydrogen-bond acceptors (Lipinski definition) is 5. The van der Waals surface area contributed by atoms with E-state index in [1.54, 1.807) is 0 Å². The molecule has 0 bridgehead atoms. The highest BCUT2D eigenvalue weighted by molar-refractivity contribution is 8.26. The van der Waals surface area contributed by atoms with Crippen LogP contribution in [-0.2, 0) is 4.79 Å². The van der Waals surface area contributed by atoms with Gasteiger partial charge in [-0.3, -0.25) is 9.69 Å². The van der Waals surface area contributed by atoms with E-state index >= 15 is 0 Å². The molecule has 2 aromatic carbocycles. The van der Waals surface area contributed by atoms with Gasteiger partial charge in [0.15, 0.2) is 0 Å². The maximum absolute atomic E-state index is 13.4. The number of ether oxygens (including phenoxy) is 1. The lowest BCUT2D eigenvalue weighted by Crippen LogP contribution is -2.39. The summed E-state index contributed by atoms with van der Waals surface area (Å²) in [4.78, 5) is 15.9. The molecule has 3 aromatic rings. The monoisotopic (exact) mass is 503 g/mol. The number of hydrogen-bond donors (Lipinski definition) is 0. The third-order valence-corrected chi connectivity index (χ3v) is 7.72. The second-order valence-corrected chi connectivity index (χ2v) is 10.6. The van der Waals surface area contributed by atoms with Crippen molar-refractivity contribution in [3.63, 3.8) is 0 Å². The van der Waals surface area contributed by atoms with Gasteiger partial charge in [-0.2, -0.15) is 5.10 Å². The number of thiocarbonyl (C=S) groups is 1. The SMILES string of the molecule is CCCOc1cccc(-c2nn(-c3ccccc3)cc2/C=C2\SC(=S)N(C3CCCCC3)C2=O)c1. The quantitative estimate of drug-likeness (QED) is 0.260. The Morgan fingerprint density at radius 2 is 1.91 bits per heavy atom. The van der Waals surface area contributed by atoms with E-state index in [2.05, 4.69) is 6.92 Å². The first-order valence-corrected chi connectivity index (χ1v) is 13.5. The smallest absolute Gasteiger partial charge is 0.266 e. The van der Waals surface area contributed by atoms with Crippen molar-refractivity contribution >= 4 is 40.3 Å². The molecule has 35 heavy (non-hydrogen) atoms. The highest BCUT2D eigenvalue weighted by atomic mass is 32.2. The van der Waals surface area contributed by atoms with Crippen molar-refractivity contribution in [3.05, 3.63) is 71.3 Å². The third-order valence-electron chi connectivity index (χ3n) is 6.39. The average Bonchev–Trinajstić information content (AvgIpc) is 3.44. The molecule has 0 spiro atoms. The Morgan fingerprint density at radius 1 is 1.11 bits per heavy atom. The van der Waals surface area contributed by atoms with Crippen molar-refractivity contribution in [3.8, 4) is 22.7 Å². The summed E-state index contributed by atoms with van der Waals surface area (Å²) in [5.74, 6) is 0.832. The van der Waals surface area contributed by atoms with Crippen molar-refractivity contribution in [2.75, 3.05) is 6.61 Å². The van der Waals surface area contributed by atoms with E-state index in [0.717, 1.165) is 60.4 Å². The molecule has 0 atom stereocenters. The lowest BCUT2D eigenvalue weighted by molar-refractivity contribution is -0.124. The van der Waals surface area contributed by atoms with Crippen LogP contribution in [0.4, 0.5) is 0 Å². The van der Waals surface area contributed by atoms with Crippen LogP contribution in [0.15, 0.2) is 65.7 Å². The summed E-state index contributed by atoms with van der Waals surface area (Å²) < 4.78 is 8.39. The van der Waals surface area contributed by atoms with Gasteiger partial charge in [0.2, 0.25) is 0 Å². The van der Waals surface area contributed by atoms with Crippen LogP contribution in [0.1, 0.15) is 51.0 Å². The van der Waals surface area contributed by atoms with E-state index in [1.807, 2.05) is 76.5 Å². The number of amides is 1. The van der Waals surface area contributed by atoms with E-state index in [0.29, 0.717) is 15.8 Å². The van der Waals surface area contributed by atoms with Crippen LogP contribution < -0.4 is 4.74 Å². The van der Waals surface area contributed by atoms with Crippen LogP contribution >= 0.6 is 24.0 Å². The minimum Gasteiger partial charge on any atom is -0.494 e. The van der Waals surface area contributed by atoms with E-state index in [9.17, 15) is 4.79 Å². The maximum atomic E-state index is 13.4. The van der Waals surface area contributed by atoms with Gasteiger partial charge < -0.3 is 4.74 Å². The van der Waals surface area contributed by atoms with Gasteiger partial charge in [0, 0.05) is 23.4 Å². The lowest BCUT2D eigenvalue weighted by atomic mass is 9.94. The number of rotatable bonds is 7. The van der Waals surface area contributed by atoms with E-state index < -0.39 is 0 Å². The molecule has 5 nitrogen and oxygen atoms in total. The Kier molecular flexibility index (Phi) is 7.35. The molecule has 0 N–H and O–H groups in total. The molecule has 2 heterocycles. The standard InChI is InChI=1S/C28H29N3O2S2/c1-2-16-33-24-15-9-10-20(17-24)26-21(19-30(29-26)22-11-5-3-6-12-22)18-25-27(32)31(28(34)35-25)23-13-7-4-8-14-23/h3,5-6,9-12,15,17-19,23H,2,4,7-8,13-14,16H2,1H3/b25-18-.